The SMILES string of the molecule is N#Cc1cc(N2c3ccccc3C3(c4ccccc4N(c4ccccc4)c4ccccc43)c3ccccc32)cc(C#N)n1.N#Cc1cc(N2c3ccccc3C3(c4ccccc4N(c4ccccc4)c4ccccc43)c3ccccc32)ccn1.N#Cc1cncc(N2c3ccccc3C3(c4ccccc4N(c4ccccc4)c4ccccc43)c3ccccc32)c1. The third-order valence-electron chi connectivity index (χ3n) is 25.2. The Hall–Kier alpha value is -17.5. The van der Waals surface area contributed by atoms with Crippen LogP contribution in [-0.4, -0.2) is 15.0 Å². The highest BCUT2D eigenvalue weighted by Gasteiger charge is 2.56. The van der Waals surface area contributed by atoms with Crippen molar-refractivity contribution in [3.05, 3.63) is 521 Å². The predicted octanol–water partition coefficient (Wildman–Crippen LogP) is 26.6. The van der Waals surface area contributed by atoms with E-state index in [0.717, 1.165) is 113 Å². The molecule has 0 bridgehead atoms. The molecule has 0 radical (unpaired) electrons. The molecule has 0 atom stereocenters. The number of nitrogens with zero attached hydrogens (tertiary/aromatic N) is 13. The standard InChI is InChI=1S/C38H23N5.2C37H24N4/c39-24-26-22-29(23-27(25-40)41-26)43-36-20-10-6-16-32(36)38(33-17-7-11-21-37(33)43)30-14-4-8-18-34(30)42(28-12-2-1-3-13-28)35-19-9-5-15-31(35)38;38-23-26-22-28(25-39-24-26)41-35-20-10-6-16-31(35)37(32-17-7-11-21-36(32)41)29-14-4-8-18-33(29)40(27-12-2-1-3-13-27)34-19-9-5-15-30(34)37;38-25-26-24-28(22-23-39-26)41-35-20-10-6-16-31(35)37(32-17-7-11-21-36(32)41)29-14-4-8-18-33(29)40(27-12-2-1-3-13-27)34-19-9-5-15-30(34)37/h1-23H;1-22,24-25H;1-24H. The molecule has 0 amide bonds. The first-order valence-electron chi connectivity index (χ1n) is 41.5. The molecule has 13 nitrogen and oxygen atoms in total. The fourth-order valence-electron chi connectivity index (χ4n) is 20.6. The Morgan fingerprint density at radius 2 is 0.408 bits per heavy atom. The number of hydrogen-bond donors (Lipinski definition) is 0. The maximum atomic E-state index is 9.76. The van der Waals surface area contributed by atoms with E-state index >= 15 is 0 Å². The maximum Gasteiger partial charge on any atom is 0.144 e. The average molecular weight is 1600 g/mol. The topological polar surface area (TPSA) is 153 Å². The molecule has 13 heteroatoms. The summed E-state index contributed by atoms with van der Waals surface area (Å²) in [6.07, 6.45) is 5.16. The third kappa shape index (κ3) is 11.2. The molecule has 0 saturated heterocycles. The quantitative estimate of drug-likeness (QED) is 0.155. The number of para-hydroxylation sites is 15. The Bertz CT molecular complexity index is 6910. The van der Waals surface area contributed by atoms with E-state index in [2.05, 4.69) is 433 Å². The van der Waals surface area contributed by atoms with Crippen LogP contribution in [0.4, 0.5) is 102 Å². The average Bonchev–Trinajstić information content (AvgIpc) is 0.685. The number of rotatable bonds is 6. The molecule has 125 heavy (non-hydrogen) atoms. The highest BCUT2D eigenvalue weighted by Crippen LogP contribution is 2.68. The second-order valence-electron chi connectivity index (χ2n) is 31.3. The van der Waals surface area contributed by atoms with E-state index in [1.165, 1.54) is 55.6 Å². The molecule has 3 aromatic heterocycles. The van der Waals surface area contributed by atoms with Gasteiger partial charge in [-0.3, -0.25) is 4.98 Å². The van der Waals surface area contributed by atoms with Crippen LogP contribution in [-0.2, 0) is 16.2 Å². The van der Waals surface area contributed by atoms with E-state index in [1.54, 1.807) is 24.5 Å². The smallest absolute Gasteiger partial charge is 0.144 e. The van der Waals surface area contributed by atoms with Crippen LogP contribution in [0, 0.1) is 45.3 Å². The minimum atomic E-state index is -0.634. The summed E-state index contributed by atoms with van der Waals surface area (Å²) in [5.41, 5.74) is 32.9. The van der Waals surface area contributed by atoms with Gasteiger partial charge in [-0.2, -0.15) is 21.0 Å². The fourth-order valence-corrected chi connectivity index (χ4v) is 20.6. The summed E-state index contributed by atoms with van der Waals surface area (Å²) in [6, 6.07) is 154. The molecule has 9 heterocycles. The largest absolute Gasteiger partial charge is 0.310 e. The molecular formula is C112H71N13. The zero-order chi connectivity index (χ0) is 83.7. The molecule has 0 saturated carbocycles. The van der Waals surface area contributed by atoms with Crippen LogP contribution < -0.4 is 29.4 Å². The van der Waals surface area contributed by atoms with E-state index < -0.39 is 16.2 Å². The Balaban J connectivity index is 0.000000111. The first-order chi connectivity index (χ1) is 61.9. The zero-order valence-corrected chi connectivity index (χ0v) is 67.3. The minimum Gasteiger partial charge on any atom is -0.310 e. The maximum absolute atomic E-state index is 9.76. The lowest BCUT2D eigenvalue weighted by atomic mass is 9.60. The van der Waals surface area contributed by atoms with E-state index in [1.807, 2.05) is 42.6 Å². The van der Waals surface area contributed by atoms with Gasteiger partial charge >= 0.3 is 0 Å². The first-order valence-corrected chi connectivity index (χ1v) is 41.5. The van der Waals surface area contributed by atoms with Gasteiger partial charge in [0.1, 0.15) is 41.4 Å². The van der Waals surface area contributed by atoms with E-state index in [9.17, 15) is 21.0 Å². The van der Waals surface area contributed by atoms with Crippen molar-refractivity contribution < 1.29 is 0 Å². The number of nitriles is 4. The summed E-state index contributed by atoms with van der Waals surface area (Å²) in [5.74, 6) is 0. The van der Waals surface area contributed by atoms with Gasteiger partial charge in [0.25, 0.3) is 0 Å². The normalized spacial score (nSPS) is 13.8. The molecule has 0 aliphatic carbocycles. The zero-order valence-electron chi connectivity index (χ0n) is 67.3. The molecule has 6 aliphatic rings. The summed E-state index contributed by atoms with van der Waals surface area (Å²) in [4.78, 5) is 26.7. The van der Waals surface area contributed by atoms with Gasteiger partial charge < -0.3 is 29.4 Å². The van der Waals surface area contributed by atoms with Crippen molar-refractivity contribution in [1.82, 2.24) is 15.0 Å². The molecule has 18 aromatic rings. The monoisotopic (exact) mass is 1600 g/mol. The van der Waals surface area contributed by atoms with E-state index in [0.29, 0.717) is 11.3 Å². The lowest BCUT2D eigenvalue weighted by Crippen LogP contribution is -2.41. The van der Waals surface area contributed by atoms with Crippen molar-refractivity contribution in [2.24, 2.45) is 0 Å². The van der Waals surface area contributed by atoms with Crippen molar-refractivity contribution >= 4 is 102 Å². The van der Waals surface area contributed by atoms with Crippen LogP contribution in [0.25, 0.3) is 0 Å². The predicted molar refractivity (Wildman–Crippen MR) is 496 cm³/mol. The number of fused-ring (bicyclic) bond motifs is 24. The van der Waals surface area contributed by atoms with Crippen molar-refractivity contribution in [2.75, 3.05) is 29.4 Å². The van der Waals surface area contributed by atoms with Crippen LogP contribution in [0.2, 0.25) is 0 Å². The minimum absolute atomic E-state index is 0.205. The Morgan fingerprint density at radius 3 is 0.656 bits per heavy atom. The van der Waals surface area contributed by atoms with Gasteiger partial charge in [-0.15, -0.1) is 0 Å². The van der Waals surface area contributed by atoms with Crippen molar-refractivity contribution in [1.29, 1.82) is 21.0 Å². The van der Waals surface area contributed by atoms with Gasteiger partial charge in [-0.1, -0.05) is 273 Å². The van der Waals surface area contributed by atoms with Crippen LogP contribution >= 0.6 is 0 Å². The number of pyridine rings is 3. The summed E-state index contributed by atoms with van der Waals surface area (Å²) in [5, 5.41) is 38.8. The van der Waals surface area contributed by atoms with Crippen LogP contribution in [0.5, 0.6) is 0 Å². The van der Waals surface area contributed by atoms with Crippen molar-refractivity contribution in [3.63, 3.8) is 0 Å². The second kappa shape index (κ2) is 30.1. The number of hydrogen-bond acceptors (Lipinski definition) is 13. The molecule has 0 unspecified atom stereocenters. The molecular weight excluding hydrogens is 1530 g/mol. The van der Waals surface area contributed by atoms with Gasteiger partial charge in [0.05, 0.1) is 113 Å². The summed E-state index contributed by atoms with van der Waals surface area (Å²) in [7, 11) is 0. The van der Waals surface area contributed by atoms with Crippen molar-refractivity contribution in [2.45, 2.75) is 16.2 Å². The molecule has 3 spiro atoms. The lowest BCUT2D eigenvalue weighted by Gasteiger charge is -2.51. The molecule has 6 aliphatic heterocycles. The fraction of sp³-hybridized carbons (Fsp3) is 0.0268. The Morgan fingerprint density at radius 1 is 0.192 bits per heavy atom. The van der Waals surface area contributed by atoms with Crippen molar-refractivity contribution in [3.8, 4) is 24.3 Å². The lowest BCUT2D eigenvalue weighted by molar-refractivity contribution is 0.718. The van der Waals surface area contributed by atoms with E-state index in [-0.39, 0.29) is 11.4 Å². The van der Waals surface area contributed by atoms with Crippen LogP contribution in [0.15, 0.2) is 431 Å². The summed E-state index contributed by atoms with van der Waals surface area (Å²) >= 11 is 0. The summed E-state index contributed by atoms with van der Waals surface area (Å²) in [6.45, 7) is 0. The Labute approximate surface area is 724 Å². The molecule has 24 rings (SSSR count). The van der Waals surface area contributed by atoms with Gasteiger partial charge in [-0.25, -0.2) is 9.97 Å². The highest BCUT2D eigenvalue weighted by molar-refractivity contribution is 6.01. The molecule has 0 fully saturated rings. The summed E-state index contributed by atoms with van der Waals surface area (Å²) < 4.78 is 0. The molecule has 15 aromatic carbocycles. The number of aromatic nitrogens is 3. The third-order valence-corrected chi connectivity index (χ3v) is 25.2. The van der Waals surface area contributed by atoms with E-state index in [4.69, 9.17) is 0 Å². The first kappa shape index (κ1) is 73.9. The molecule has 0 N–H and O–H groups in total. The van der Waals surface area contributed by atoms with Gasteiger partial charge in [0.2, 0.25) is 0 Å². The Kier molecular flexibility index (Phi) is 17.8. The number of anilines is 18. The molecule has 584 valence electrons. The van der Waals surface area contributed by atoms with Crippen LogP contribution in [0.3, 0.4) is 0 Å². The van der Waals surface area contributed by atoms with Gasteiger partial charge in [-0.05, 0) is 206 Å². The van der Waals surface area contributed by atoms with Crippen LogP contribution in [0.1, 0.15) is 89.4 Å². The van der Waals surface area contributed by atoms with Gasteiger partial charge in [0.15, 0.2) is 0 Å². The van der Waals surface area contributed by atoms with Gasteiger partial charge in [0, 0.05) is 29.5 Å². The number of benzene rings is 15. The second-order valence-corrected chi connectivity index (χ2v) is 31.3. The highest BCUT2D eigenvalue weighted by atomic mass is 15.2.